The summed E-state index contributed by atoms with van der Waals surface area (Å²) < 4.78 is 5.79. The predicted molar refractivity (Wildman–Crippen MR) is 71.2 cm³/mol. The van der Waals surface area contributed by atoms with Crippen molar-refractivity contribution in [2.75, 3.05) is 12.3 Å². The van der Waals surface area contributed by atoms with Crippen LogP contribution in [0.1, 0.15) is 26.2 Å². The Morgan fingerprint density at radius 3 is 2.88 bits per heavy atom. The summed E-state index contributed by atoms with van der Waals surface area (Å²) in [6, 6.07) is 7.85. The Morgan fingerprint density at radius 1 is 1.18 bits per heavy atom. The Labute approximate surface area is 102 Å². The number of ether oxygens (including phenoxy) is 1. The van der Waals surface area contributed by atoms with Crippen molar-refractivity contribution in [1.82, 2.24) is 4.98 Å². The second-order valence-electron chi connectivity index (χ2n) is 4.10. The lowest BCUT2D eigenvalue weighted by molar-refractivity contribution is 0.310. The van der Waals surface area contributed by atoms with Crippen LogP contribution >= 0.6 is 0 Å². The monoisotopic (exact) mass is 230 g/mol. The molecule has 1 aromatic carbocycles. The van der Waals surface area contributed by atoms with Gasteiger partial charge in [0.2, 0.25) is 0 Å². The maximum absolute atomic E-state index is 5.83. The van der Waals surface area contributed by atoms with Crippen molar-refractivity contribution >= 4 is 16.6 Å². The molecule has 0 aliphatic heterocycles. The van der Waals surface area contributed by atoms with Gasteiger partial charge in [0.25, 0.3) is 0 Å². The van der Waals surface area contributed by atoms with Gasteiger partial charge in [-0.2, -0.15) is 0 Å². The summed E-state index contributed by atoms with van der Waals surface area (Å²) in [7, 11) is 0. The van der Waals surface area contributed by atoms with Crippen LogP contribution in [0.4, 0.5) is 5.82 Å². The van der Waals surface area contributed by atoms with Crippen LogP contribution in [-0.4, -0.2) is 11.6 Å². The lowest BCUT2D eigenvalue weighted by Gasteiger charge is -2.09. The number of pyridine rings is 1. The molecule has 1 aromatic heterocycles. The fourth-order valence-electron chi connectivity index (χ4n) is 1.86. The summed E-state index contributed by atoms with van der Waals surface area (Å²) >= 11 is 0. The molecule has 0 spiro atoms. The van der Waals surface area contributed by atoms with E-state index in [0.717, 1.165) is 29.5 Å². The van der Waals surface area contributed by atoms with Crippen LogP contribution in [0.25, 0.3) is 10.8 Å². The minimum Gasteiger partial charge on any atom is -0.493 e. The van der Waals surface area contributed by atoms with E-state index in [1.54, 1.807) is 6.20 Å². The first-order valence-corrected chi connectivity index (χ1v) is 6.09. The number of nitrogens with zero attached hydrogens (tertiary/aromatic N) is 1. The second kappa shape index (κ2) is 5.53. The molecule has 0 saturated heterocycles. The first-order valence-electron chi connectivity index (χ1n) is 6.09. The summed E-state index contributed by atoms with van der Waals surface area (Å²) in [5, 5.41) is 2.00. The highest BCUT2D eigenvalue weighted by Crippen LogP contribution is 2.27. The molecule has 3 nitrogen and oxygen atoms in total. The van der Waals surface area contributed by atoms with E-state index in [1.807, 2.05) is 24.3 Å². The van der Waals surface area contributed by atoms with Gasteiger partial charge in [0, 0.05) is 17.0 Å². The second-order valence-corrected chi connectivity index (χ2v) is 4.10. The highest BCUT2D eigenvalue weighted by atomic mass is 16.5. The van der Waals surface area contributed by atoms with Gasteiger partial charge in [-0.3, -0.25) is 0 Å². The quantitative estimate of drug-likeness (QED) is 0.801. The van der Waals surface area contributed by atoms with Crippen LogP contribution in [0.2, 0.25) is 0 Å². The van der Waals surface area contributed by atoms with E-state index in [9.17, 15) is 0 Å². The van der Waals surface area contributed by atoms with Gasteiger partial charge >= 0.3 is 0 Å². The van der Waals surface area contributed by atoms with Crippen LogP contribution in [0, 0.1) is 0 Å². The normalized spacial score (nSPS) is 10.6. The summed E-state index contributed by atoms with van der Waals surface area (Å²) in [5.74, 6) is 1.45. The summed E-state index contributed by atoms with van der Waals surface area (Å²) in [6.45, 7) is 2.94. The van der Waals surface area contributed by atoms with E-state index in [2.05, 4.69) is 11.9 Å². The Kier molecular flexibility index (Phi) is 3.81. The molecule has 90 valence electrons. The standard InChI is InChI=1S/C14H18N2O/c1-2-3-4-10-17-13-7-5-6-12-11(13)8-9-16-14(12)15/h5-9H,2-4,10H2,1H3,(H2,15,16). The molecule has 0 amide bonds. The molecule has 0 radical (unpaired) electrons. The van der Waals surface area contributed by atoms with Crippen molar-refractivity contribution in [3.63, 3.8) is 0 Å². The van der Waals surface area contributed by atoms with Gasteiger partial charge in [0.1, 0.15) is 11.6 Å². The molecule has 0 aliphatic rings. The van der Waals surface area contributed by atoms with Crippen LogP contribution in [0.5, 0.6) is 5.75 Å². The molecular weight excluding hydrogens is 212 g/mol. The molecule has 0 atom stereocenters. The number of aromatic nitrogens is 1. The van der Waals surface area contributed by atoms with Gasteiger partial charge in [-0.15, -0.1) is 0 Å². The van der Waals surface area contributed by atoms with Crippen LogP contribution in [-0.2, 0) is 0 Å². The average molecular weight is 230 g/mol. The third-order valence-electron chi connectivity index (χ3n) is 2.80. The van der Waals surface area contributed by atoms with Crippen molar-refractivity contribution in [2.45, 2.75) is 26.2 Å². The Morgan fingerprint density at radius 2 is 2.06 bits per heavy atom. The molecule has 17 heavy (non-hydrogen) atoms. The zero-order chi connectivity index (χ0) is 12.1. The first kappa shape index (κ1) is 11.7. The number of hydrogen-bond donors (Lipinski definition) is 1. The number of unbranched alkanes of at least 4 members (excludes halogenated alkanes) is 2. The van der Waals surface area contributed by atoms with E-state index in [1.165, 1.54) is 12.8 Å². The van der Waals surface area contributed by atoms with Crippen molar-refractivity contribution in [2.24, 2.45) is 0 Å². The number of nitrogen functional groups attached to an aromatic ring is 1. The molecule has 0 saturated carbocycles. The SMILES string of the molecule is CCCCCOc1cccc2c(N)nccc12. The van der Waals surface area contributed by atoms with E-state index in [4.69, 9.17) is 10.5 Å². The van der Waals surface area contributed by atoms with Crippen molar-refractivity contribution in [1.29, 1.82) is 0 Å². The van der Waals surface area contributed by atoms with Gasteiger partial charge in [-0.1, -0.05) is 31.9 Å². The number of fused-ring (bicyclic) bond motifs is 1. The number of benzene rings is 1. The van der Waals surface area contributed by atoms with Gasteiger partial charge in [-0.05, 0) is 18.6 Å². The number of hydrogen-bond acceptors (Lipinski definition) is 3. The zero-order valence-electron chi connectivity index (χ0n) is 10.1. The highest BCUT2D eigenvalue weighted by molar-refractivity contribution is 5.94. The largest absolute Gasteiger partial charge is 0.493 e. The van der Waals surface area contributed by atoms with Crippen LogP contribution in [0.3, 0.4) is 0 Å². The maximum atomic E-state index is 5.83. The molecule has 0 fully saturated rings. The molecule has 1 heterocycles. The maximum Gasteiger partial charge on any atom is 0.131 e. The average Bonchev–Trinajstić information content (AvgIpc) is 2.36. The number of rotatable bonds is 5. The Hall–Kier alpha value is -1.77. The topological polar surface area (TPSA) is 48.1 Å². The Balaban J connectivity index is 2.19. The van der Waals surface area contributed by atoms with Crippen molar-refractivity contribution in [3.05, 3.63) is 30.5 Å². The van der Waals surface area contributed by atoms with Gasteiger partial charge < -0.3 is 10.5 Å². The molecule has 0 unspecified atom stereocenters. The molecule has 2 N–H and O–H groups in total. The third-order valence-corrected chi connectivity index (χ3v) is 2.80. The third kappa shape index (κ3) is 2.67. The minimum atomic E-state index is 0.557. The van der Waals surface area contributed by atoms with Crippen LogP contribution in [0.15, 0.2) is 30.5 Å². The molecule has 2 aromatic rings. The van der Waals surface area contributed by atoms with Crippen molar-refractivity contribution < 1.29 is 4.74 Å². The number of nitrogens with two attached hydrogens (primary N) is 1. The highest BCUT2D eigenvalue weighted by Gasteiger charge is 2.04. The summed E-state index contributed by atoms with van der Waals surface area (Å²) in [6.07, 6.45) is 5.22. The van der Waals surface area contributed by atoms with Gasteiger partial charge in [0.05, 0.1) is 6.61 Å². The van der Waals surface area contributed by atoms with E-state index in [0.29, 0.717) is 5.82 Å². The molecule has 0 bridgehead atoms. The molecule has 0 aliphatic carbocycles. The van der Waals surface area contributed by atoms with Crippen molar-refractivity contribution in [3.8, 4) is 5.75 Å². The fraction of sp³-hybridized carbons (Fsp3) is 0.357. The fourth-order valence-corrected chi connectivity index (χ4v) is 1.86. The van der Waals surface area contributed by atoms with E-state index >= 15 is 0 Å². The summed E-state index contributed by atoms with van der Waals surface area (Å²) in [5.41, 5.74) is 5.83. The molecular formula is C14H18N2O. The van der Waals surface area contributed by atoms with Crippen LogP contribution < -0.4 is 10.5 Å². The smallest absolute Gasteiger partial charge is 0.131 e. The molecule has 3 heteroatoms. The minimum absolute atomic E-state index is 0.557. The van der Waals surface area contributed by atoms with Gasteiger partial charge in [0.15, 0.2) is 0 Å². The van der Waals surface area contributed by atoms with E-state index < -0.39 is 0 Å². The Bertz CT molecular complexity index is 497. The summed E-state index contributed by atoms with van der Waals surface area (Å²) in [4.78, 5) is 4.08. The van der Waals surface area contributed by atoms with E-state index in [-0.39, 0.29) is 0 Å². The first-order chi connectivity index (χ1) is 8.33. The lowest BCUT2D eigenvalue weighted by atomic mass is 10.1. The number of anilines is 1. The van der Waals surface area contributed by atoms with Gasteiger partial charge in [-0.25, -0.2) is 4.98 Å². The zero-order valence-corrected chi connectivity index (χ0v) is 10.1. The molecule has 2 rings (SSSR count). The predicted octanol–water partition coefficient (Wildman–Crippen LogP) is 3.39. The lowest BCUT2D eigenvalue weighted by Crippen LogP contribution is -1.98.